The summed E-state index contributed by atoms with van der Waals surface area (Å²) in [6, 6.07) is 11.6. The molecule has 3 nitrogen and oxygen atoms in total. The van der Waals surface area contributed by atoms with Gasteiger partial charge in [-0.25, -0.2) is 0 Å². The first-order valence-corrected chi connectivity index (χ1v) is 6.09. The number of aliphatic hydroxyl groups is 2. The van der Waals surface area contributed by atoms with Gasteiger partial charge in [0.05, 0.1) is 18.8 Å². The number of fused-ring (bicyclic) bond motifs is 1. The number of hydrogen-bond acceptors (Lipinski definition) is 3. The second kappa shape index (κ2) is 4.74. The maximum absolute atomic E-state index is 9.26. The molecule has 0 aliphatic heterocycles. The van der Waals surface area contributed by atoms with Crippen molar-refractivity contribution in [3.8, 4) is 0 Å². The molecular formula is C13H14BrNO2. The van der Waals surface area contributed by atoms with Crippen molar-refractivity contribution in [1.82, 2.24) is 0 Å². The average Bonchev–Trinajstić information content (AvgIpc) is 2.37. The van der Waals surface area contributed by atoms with E-state index in [4.69, 9.17) is 5.73 Å². The Kier molecular flexibility index (Phi) is 3.49. The molecule has 0 atom stereocenters. The number of nitrogens with two attached hydrogens (primary N) is 1. The summed E-state index contributed by atoms with van der Waals surface area (Å²) in [6.07, 6.45) is 0. The highest BCUT2D eigenvalue weighted by Gasteiger charge is 2.25. The molecule has 0 unspecified atom stereocenters. The number of halogens is 1. The smallest absolute Gasteiger partial charge is 0.0878 e. The Balaban J connectivity index is 2.55. The van der Waals surface area contributed by atoms with Crippen LogP contribution in [0.1, 0.15) is 5.56 Å². The summed E-state index contributed by atoms with van der Waals surface area (Å²) in [6.45, 7) is -0.572. The van der Waals surface area contributed by atoms with E-state index >= 15 is 0 Å². The molecular weight excluding hydrogens is 282 g/mol. The summed E-state index contributed by atoms with van der Waals surface area (Å²) in [7, 11) is 0. The van der Waals surface area contributed by atoms with Gasteiger partial charge in [0.25, 0.3) is 0 Å². The second-order valence-corrected chi connectivity index (χ2v) is 5.09. The van der Waals surface area contributed by atoms with E-state index in [1.807, 2.05) is 36.4 Å². The highest BCUT2D eigenvalue weighted by Crippen LogP contribution is 2.25. The predicted molar refractivity (Wildman–Crippen MR) is 71.7 cm³/mol. The zero-order chi connectivity index (χ0) is 12.5. The van der Waals surface area contributed by atoms with Crippen LogP contribution in [0.25, 0.3) is 10.8 Å². The van der Waals surface area contributed by atoms with Gasteiger partial charge in [0.15, 0.2) is 0 Å². The van der Waals surface area contributed by atoms with Gasteiger partial charge < -0.3 is 15.9 Å². The van der Waals surface area contributed by atoms with E-state index < -0.39 is 5.54 Å². The van der Waals surface area contributed by atoms with Crippen molar-refractivity contribution in [2.24, 2.45) is 5.73 Å². The number of benzene rings is 2. The highest BCUT2D eigenvalue weighted by atomic mass is 79.9. The van der Waals surface area contributed by atoms with Crippen molar-refractivity contribution in [1.29, 1.82) is 0 Å². The molecule has 0 spiro atoms. The summed E-state index contributed by atoms with van der Waals surface area (Å²) >= 11 is 3.41. The quantitative estimate of drug-likeness (QED) is 0.808. The molecule has 2 aromatic rings. The largest absolute Gasteiger partial charge is 0.394 e. The van der Waals surface area contributed by atoms with Crippen molar-refractivity contribution in [2.75, 3.05) is 13.2 Å². The van der Waals surface area contributed by atoms with Gasteiger partial charge in [0.2, 0.25) is 0 Å². The van der Waals surface area contributed by atoms with E-state index in [-0.39, 0.29) is 13.2 Å². The van der Waals surface area contributed by atoms with Gasteiger partial charge in [-0.1, -0.05) is 34.1 Å². The van der Waals surface area contributed by atoms with Gasteiger partial charge in [-0.15, -0.1) is 0 Å². The minimum Gasteiger partial charge on any atom is -0.394 e. The Bertz CT molecular complexity index is 538. The first-order chi connectivity index (χ1) is 8.09. The molecule has 4 heteroatoms. The minimum absolute atomic E-state index is 0.286. The van der Waals surface area contributed by atoms with Crippen molar-refractivity contribution in [3.63, 3.8) is 0 Å². The number of rotatable bonds is 3. The van der Waals surface area contributed by atoms with Gasteiger partial charge in [-0.3, -0.25) is 0 Å². The van der Waals surface area contributed by atoms with E-state index in [1.165, 1.54) is 0 Å². The Morgan fingerprint density at radius 3 is 2.24 bits per heavy atom. The lowest BCUT2D eigenvalue weighted by Crippen LogP contribution is -2.44. The molecule has 0 aromatic heterocycles. The lowest BCUT2D eigenvalue weighted by atomic mass is 9.91. The van der Waals surface area contributed by atoms with Crippen LogP contribution in [-0.4, -0.2) is 23.4 Å². The van der Waals surface area contributed by atoms with Crippen LogP contribution in [0.3, 0.4) is 0 Å². The fourth-order valence-electron chi connectivity index (χ4n) is 1.76. The Morgan fingerprint density at radius 2 is 1.59 bits per heavy atom. The fourth-order valence-corrected chi connectivity index (χ4v) is 2.14. The van der Waals surface area contributed by atoms with Crippen LogP contribution < -0.4 is 5.73 Å². The second-order valence-electron chi connectivity index (χ2n) is 4.18. The molecule has 0 saturated carbocycles. The molecule has 17 heavy (non-hydrogen) atoms. The van der Waals surface area contributed by atoms with Crippen LogP contribution >= 0.6 is 15.9 Å². The Hall–Kier alpha value is -0.940. The normalized spacial score (nSPS) is 12.0. The van der Waals surface area contributed by atoms with E-state index in [0.29, 0.717) is 0 Å². The van der Waals surface area contributed by atoms with Crippen molar-refractivity contribution in [3.05, 3.63) is 46.4 Å². The highest BCUT2D eigenvalue weighted by molar-refractivity contribution is 9.10. The van der Waals surface area contributed by atoms with Crippen LogP contribution in [0.2, 0.25) is 0 Å². The molecule has 0 bridgehead atoms. The SMILES string of the molecule is NC(CO)(CO)c1ccc2cc(Br)ccc2c1. The predicted octanol–water partition coefficient (Wildman–Crippen LogP) is 1.74. The van der Waals surface area contributed by atoms with E-state index in [1.54, 1.807) is 0 Å². The molecule has 0 fully saturated rings. The molecule has 0 saturated heterocycles. The third kappa shape index (κ3) is 2.35. The minimum atomic E-state index is -1.08. The zero-order valence-electron chi connectivity index (χ0n) is 9.23. The lowest BCUT2D eigenvalue weighted by Gasteiger charge is -2.25. The van der Waals surface area contributed by atoms with Crippen LogP contribution in [0.4, 0.5) is 0 Å². The summed E-state index contributed by atoms with van der Waals surface area (Å²) in [5.41, 5.74) is 5.58. The molecule has 0 aliphatic carbocycles. The van der Waals surface area contributed by atoms with Crippen LogP contribution in [0, 0.1) is 0 Å². The molecule has 2 aromatic carbocycles. The third-order valence-electron chi connectivity index (χ3n) is 2.94. The van der Waals surface area contributed by atoms with Crippen molar-refractivity contribution >= 4 is 26.7 Å². The first-order valence-electron chi connectivity index (χ1n) is 5.29. The Morgan fingerprint density at radius 1 is 1.00 bits per heavy atom. The molecule has 0 radical (unpaired) electrons. The van der Waals surface area contributed by atoms with Crippen molar-refractivity contribution < 1.29 is 10.2 Å². The monoisotopic (exact) mass is 295 g/mol. The Labute approximate surface area is 108 Å². The molecule has 4 N–H and O–H groups in total. The van der Waals surface area contributed by atoms with Gasteiger partial charge in [0, 0.05) is 4.47 Å². The number of aliphatic hydroxyl groups excluding tert-OH is 2. The van der Waals surface area contributed by atoms with Crippen LogP contribution in [0.15, 0.2) is 40.9 Å². The maximum Gasteiger partial charge on any atom is 0.0878 e. The summed E-state index contributed by atoms with van der Waals surface area (Å²) in [5, 5.41) is 20.6. The number of hydrogen-bond donors (Lipinski definition) is 3. The third-order valence-corrected chi connectivity index (χ3v) is 3.43. The van der Waals surface area contributed by atoms with Gasteiger partial charge in [-0.05, 0) is 34.5 Å². The summed E-state index contributed by atoms with van der Waals surface area (Å²) in [4.78, 5) is 0. The standard InChI is InChI=1S/C13H14BrNO2/c14-12-4-2-9-5-11(3-1-10(9)6-12)13(15,7-16)8-17/h1-6,16-17H,7-8,15H2. The van der Waals surface area contributed by atoms with Gasteiger partial charge in [-0.2, -0.15) is 0 Å². The first kappa shape index (κ1) is 12.5. The summed E-state index contributed by atoms with van der Waals surface area (Å²) in [5.74, 6) is 0. The van der Waals surface area contributed by atoms with E-state index in [2.05, 4.69) is 15.9 Å². The zero-order valence-corrected chi connectivity index (χ0v) is 10.8. The topological polar surface area (TPSA) is 66.5 Å². The van der Waals surface area contributed by atoms with Crippen molar-refractivity contribution in [2.45, 2.75) is 5.54 Å². The molecule has 0 aliphatic rings. The summed E-state index contributed by atoms with van der Waals surface area (Å²) < 4.78 is 1.01. The molecule has 90 valence electrons. The molecule has 0 heterocycles. The van der Waals surface area contributed by atoms with Crippen LogP contribution in [0.5, 0.6) is 0 Å². The maximum atomic E-state index is 9.26. The lowest BCUT2D eigenvalue weighted by molar-refractivity contribution is 0.121. The average molecular weight is 296 g/mol. The fraction of sp³-hybridized carbons (Fsp3) is 0.231. The molecule has 0 amide bonds. The van der Waals surface area contributed by atoms with Gasteiger partial charge >= 0.3 is 0 Å². The molecule has 2 rings (SSSR count). The van der Waals surface area contributed by atoms with Crippen LogP contribution in [-0.2, 0) is 5.54 Å². The van der Waals surface area contributed by atoms with E-state index in [9.17, 15) is 10.2 Å². The van der Waals surface area contributed by atoms with Gasteiger partial charge in [0.1, 0.15) is 0 Å². The van der Waals surface area contributed by atoms with E-state index in [0.717, 1.165) is 20.8 Å².